The summed E-state index contributed by atoms with van der Waals surface area (Å²) in [6, 6.07) is 12.4. The summed E-state index contributed by atoms with van der Waals surface area (Å²) >= 11 is 0. The molecule has 1 amide bonds. The number of nitrogens with zero attached hydrogens (tertiary/aromatic N) is 1. The summed E-state index contributed by atoms with van der Waals surface area (Å²) in [6.07, 6.45) is 0. The summed E-state index contributed by atoms with van der Waals surface area (Å²) in [5.41, 5.74) is 1.31. The number of benzene rings is 2. The van der Waals surface area contributed by atoms with Crippen molar-refractivity contribution in [3.63, 3.8) is 0 Å². The Kier molecular flexibility index (Phi) is 4.15. The van der Waals surface area contributed by atoms with Crippen LogP contribution in [0.1, 0.15) is 22.1 Å². The van der Waals surface area contributed by atoms with Crippen molar-refractivity contribution >= 4 is 22.8 Å². The van der Waals surface area contributed by atoms with Gasteiger partial charge < -0.3 is 15.2 Å². The van der Waals surface area contributed by atoms with E-state index in [2.05, 4.69) is 15.5 Å². The van der Waals surface area contributed by atoms with Crippen LogP contribution in [0.15, 0.2) is 48.5 Å². The Morgan fingerprint density at radius 1 is 1.17 bits per heavy atom. The predicted molar refractivity (Wildman–Crippen MR) is 86.9 cm³/mol. The number of nitrogens with one attached hydrogen (secondary N) is 2. The Hall–Kier alpha value is -3.35. The second-order valence-electron chi connectivity index (χ2n) is 5.14. The maximum atomic E-state index is 12.4. The highest BCUT2D eigenvalue weighted by Crippen LogP contribution is 2.20. The zero-order valence-corrected chi connectivity index (χ0v) is 12.8. The minimum atomic E-state index is -1.18. The van der Waals surface area contributed by atoms with Gasteiger partial charge in [0.15, 0.2) is 11.7 Å². The lowest BCUT2D eigenvalue weighted by atomic mass is 10.1. The number of ether oxygens (including phenoxy) is 1. The minimum absolute atomic E-state index is 0.158. The molecule has 0 spiro atoms. The molecule has 1 unspecified atom stereocenters. The third kappa shape index (κ3) is 2.91. The molecule has 0 fully saturated rings. The second-order valence-corrected chi connectivity index (χ2v) is 5.14. The Bertz CT molecular complexity index is 886. The first-order valence-electron chi connectivity index (χ1n) is 7.21. The number of hydrogen-bond acceptors (Lipinski definition) is 4. The van der Waals surface area contributed by atoms with Crippen molar-refractivity contribution in [2.24, 2.45) is 0 Å². The van der Waals surface area contributed by atoms with Crippen LogP contribution in [0.5, 0.6) is 5.75 Å². The van der Waals surface area contributed by atoms with Gasteiger partial charge in [0.05, 0.1) is 12.6 Å². The number of aromatic amines is 1. The molecule has 0 saturated heterocycles. The van der Waals surface area contributed by atoms with Crippen LogP contribution in [0, 0.1) is 0 Å². The number of carbonyl (C=O) groups is 2. The number of aliphatic carboxylic acids is 1. The first-order valence-corrected chi connectivity index (χ1v) is 7.21. The minimum Gasteiger partial charge on any atom is -0.497 e. The highest BCUT2D eigenvalue weighted by atomic mass is 16.5. The number of hydrogen-bond donors (Lipinski definition) is 3. The summed E-state index contributed by atoms with van der Waals surface area (Å²) in [5.74, 6) is -1.11. The third-order valence-corrected chi connectivity index (χ3v) is 3.66. The maximum absolute atomic E-state index is 12.4. The number of carbonyl (C=O) groups excluding carboxylic acids is 1. The molecule has 7 heteroatoms. The molecule has 1 aromatic heterocycles. The molecule has 122 valence electrons. The summed E-state index contributed by atoms with van der Waals surface area (Å²) in [6.45, 7) is 0. The number of para-hydroxylation sites is 1. The van der Waals surface area contributed by atoms with Gasteiger partial charge in [0.2, 0.25) is 0 Å². The zero-order chi connectivity index (χ0) is 17.1. The van der Waals surface area contributed by atoms with E-state index in [-0.39, 0.29) is 5.69 Å². The van der Waals surface area contributed by atoms with Gasteiger partial charge in [0.25, 0.3) is 5.91 Å². The molecule has 1 atom stereocenters. The van der Waals surface area contributed by atoms with Gasteiger partial charge in [-0.05, 0) is 23.8 Å². The summed E-state index contributed by atoms with van der Waals surface area (Å²) in [7, 11) is 1.52. The highest BCUT2D eigenvalue weighted by molar-refractivity contribution is 6.05. The molecule has 2 aromatic carbocycles. The topological polar surface area (TPSA) is 104 Å². The molecule has 0 aliphatic heterocycles. The lowest BCUT2D eigenvalue weighted by Crippen LogP contribution is -2.34. The van der Waals surface area contributed by atoms with Crippen molar-refractivity contribution < 1.29 is 19.4 Å². The normalized spacial score (nSPS) is 11.9. The quantitative estimate of drug-likeness (QED) is 0.666. The molecular formula is C17H15N3O4. The average Bonchev–Trinajstić information content (AvgIpc) is 3.03. The van der Waals surface area contributed by atoms with Gasteiger partial charge in [0, 0.05) is 5.39 Å². The van der Waals surface area contributed by atoms with Crippen molar-refractivity contribution in [2.45, 2.75) is 6.04 Å². The lowest BCUT2D eigenvalue weighted by molar-refractivity contribution is -0.139. The van der Waals surface area contributed by atoms with E-state index < -0.39 is 17.9 Å². The summed E-state index contributed by atoms with van der Waals surface area (Å²) in [5, 5.41) is 19.3. The van der Waals surface area contributed by atoms with Gasteiger partial charge in [-0.2, -0.15) is 5.10 Å². The van der Waals surface area contributed by atoms with Crippen LogP contribution in [-0.2, 0) is 4.79 Å². The number of amides is 1. The van der Waals surface area contributed by atoms with Crippen molar-refractivity contribution in [1.82, 2.24) is 15.5 Å². The zero-order valence-electron chi connectivity index (χ0n) is 12.8. The number of rotatable bonds is 5. The monoisotopic (exact) mass is 325 g/mol. The van der Waals surface area contributed by atoms with Crippen LogP contribution in [0.4, 0.5) is 0 Å². The standard InChI is InChI=1S/C17H15N3O4/c1-24-11-8-6-10(7-9-11)14(17(22)23)18-16(21)15-12-4-2-3-5-13(12)19-20-15/h2-9,14H,1H3,(H,18,21)(H,19,20)(H,22,23). The Balaban J connectivity index is 1.87. The predicted octanol–water partition coefficient (Wildman–Crippen LogP) is 2.13. The molecule has 0 bridgehead atoms. The first kappa shape index (κ1) is 15.5. The third-order valence-electron chi connectivity index (χ3n) is 3.66. The number of aromatic nitrogens is 2. The van der Waals surface area contributed by atoms with E-state index in [0.29, 0.717) is 22.2 Å². The molecule has 0 radical (unpaired) electrons. The van der Waals surface area contributed by atoms with Crippen LogP contribution >= 0.6 is 0 Å². The van der Waals surface area contributed by atoms with E-state index in [9.17, 15) is 14.7 Å². The van der Waals surface area contributed by atoms with Gasteiger partial charge in [0.1, 0.15) is 5.75 Å². The molecule has 24 heavy (non-hydrogen) atoms. The Morgan fingerprint density at radius 3 is 2.54 bits per heavy atom. The number of carboxylic acids is 1. The Morgan fingerprint density at radius 2 is 1.88 bits per heavy atom. The molecule has 0 saturated carbocycles. The van der Waals surface area contributed by atoms with Crippen LogP contribution in [0.3, 0.4) is 0 Å². The lowest BCUT2D eigenvalue weighted by Gasteiger charge is -2.14. The summed E-state index contributed by atoms with van der Waals surface area (Å²) < 4.78 is 5.05. The maximum Gasteiger partial charge on any atom is 0.330 e. The molecule has 3 aromatic rings. The van der Waals surface area contributed by atoms with Crippen molar-refractivity contribution in [2.75, 3.05) is 7.11 Å². The number of H-pyrrole nitrogens is 1. The van der Waals surface area contributed by atoms with Crippen molar-refractivity contribution in [3.8, 4) is 5.75 Å². The fourth-order valence-electron chi connectivity index (χ4n) is 2.42. The van der Waals surface area contributed by atoms with Gasteiger partial charge in [-0.15, -0.1) is 0 Å². The fraction of sp³-hybridized carbons (Fsp3) is 0.118. The second kappa shape index (κ2) is 6.41. The number of fused-ring (bicyclic) bond motifs is 1. The van der Waals surface area contributed by atoms with E-state index in [0.717, 1.165) is 0 Å². The van der Waals surface area contributed by atoms with Crippen LogP contribution < -0.4 is 10.1 Å². The molecule has 3 N–H and O–H groups in total. The van der Waals surface area contributed by atoms with Gasteiger partial charge in [-0.3, -0.25) is 9.89 Å². The smallest absolute Gasteiger partial charge is 0.330 e. The highest BCUT2D eigenvalue weighted by Gasteiger charge is 2.24. The van der Waals surface area contributed by atoms with E-state index in [4.69, 9.17) is 4.74 Å². The number of methoxy groups -OCH3 is 1. The number of carboxylic acid groups (broad SMARTS) is 1. The van der Waals surface area contributed by atoms with E-state index in [1.54, 1.807) is 42.5 Å². The van der Waals surface area contributed by atoms with Gasteiger partial charge in [-0.1, -0.05) is 30.3 Å². The molecule has 0 aliphatic carbocycles. The molecule has 0 aliphatic rings. The van der Waals surface area contributed by atoms with Crippen molar-refractivity contribution in [1.29, 1.82) is 0 Å². The average molecular weight is 325 g/mol. The van der Waals surface area contributed by atoms with Crippen molar-refractivity contribution in [3.05, 3.63) is 59.8 Å². The van der Waals surface area contributed by atoms with E-state index >= 15 is 0 Å². The van der Waals surface area contributed by atoms with E-state index in [1.165, 1.54) is 7.11 Å². The molecular weight excluding hydrogens is 310 g/mol. The Labute approximate surface area is 137 Å². The van der Waals surface area contributed by atoms with Gasteiger partial charge >= 0.3 is 5.97 Å². The first-order chi connectivity index (χ1) is 11.6. The molecule has 7 nitrogen and oxygen atoms in total. The fourth-order valence-corrected chi connectivity index (χ4v) is 2.42. The molecule has 1 heterocycles. The van der Waals surface area contributed by atoms with Crippen LogP contribution in [0.25, 0.3) is 10.9 Å². The van der Waals surface area contributed by atoms with E-state index in [1.807, 2.05) is 6.07 Å². The largest absolute Gasteiger partial charge is 0.497 e. The van der Waals surface area contributed by atoms with Crippen LogP contribution in [-0.4, -0.2) is 34.3 Å². The molecule has 3 rings (SSSR count). The SMILES string of the molecule is COc1ccc(C(NC(=O)c2n[nH]c3ccccc23)C(=O)O)cc1. The van der Waals surface area contributed by atoms with Crippen LogP contribution in [0.2, 0.25) is 0 Å². The van der Waals surface area contributed by atoms with Gasteiger partial charge in [-0.25, -0.2) is 4.79 Å². The summed E-state index contributed by atoms with van der Waals surface area (Å²) in [4.78, 5) is 24.0.